The number of rotatable bonds is 14. The second kappa shape index (κ2) is 26.5. The van der Waals surface area contributed by atoms with E-state index in [9.17, 15) is 10.2 Å². The number of ether oxygens (including phenoxy) is 2. The summed E-state index contributed by atoms with van der Waals surface area (Å²) in [5.41, 5.74) is 10.9. The summed E-state index contributed by atoms with van der Waals surface area (Å²) in [6.07, 6.45) is 5.64. The standard InChI is InChI=1S/C76H102F2O4.2CH3.Zr/c1-69(2,3)45-75(19,20)55-37-59(49-31-51(71(7,8)9)35-52(32-49)72(10,11)12)67(79)63(39-55)61-41-57(77)27-29-65(61)81-43-47-25-23-24-26-48(47)44-82-66-30-28-58(78)42-62(66)64-40-56(76(21,22)46-70(4,5)6)38-60(68(64)80)50-33-53(73(13,14)15)36-54(34-50)74(16,17)18;;;/h27-42,47-48,79-80H,23-26,43-46H2,1-22H3;2*1H3;/q;2*-1;+2/t47-,48+;;;. The van der Waals surface area contributed by atoms with Crippen molar-refractivity contribution in [1.82, 2.24) is 0 Å². The number of hydrogen-bond donors (Lipinski definition) is 2. The van der Waals surface area contributed by atoms with Gasteiger partial charge in [0.15, 0.2) is 0 Å². The molecule has 85 heavy (non-hydrogen) atoms. The van der Waals surface area contributed by atoms with Crippen molar-refractivity contribution in [3.63, 3.8) is 0 Å². The van der Waals surface area contributed by atoms with E-state index in [1.165, 1.54) is 46.5 Å². The van der Waals surface area contributed by atoms with Crippen LogP contribution in [0.15, 0.2) is 97.1 Å². The van der Waals surface area contributed by atoms with Crippen molar-refractivity contribution in [2.45, 2.75) is 223 Å². The van der Waals surface area contributed by atoms with Gasteiger partial charge in [-0.25, -0.2) is 8.78 Å². The van der Waals surface area contributed by atoms with Gasteiger partial charge in [0.05, 0.1) is 13.2 Å². The molecule has 7 rings (SSSR count). The van der Waals surface area contributed by atoms with Gasteiger partial charge in [-0.2, -0.15) is 0 Å². The van der Waals surface area contributed by atoms with E-state index in [1.54, 1.807) is 12.1 Å². The zero-order valence-electron chi connectivity index (χ0n) is 57.0. The molecule has 0 aromatic heterocycles. The summed E-state index contributed by atoms with van der Waals surface area (Å²) in [5, 5.41) is 25.4. The summed E-state index contributed by atoms with van der Waals surface area (Å²) in [7, 11) is 0. The fourth-order valence-electron chi connectivity index (χ4n) is 12.8. The van der Waals surface area contributed by atoms with Gasteiger partial charge in [-0.15, -0.1) is 0 Å². The molecule has 6 aromatic carbocycles. The van der Waals surface area contributed by atoms with Crippen LogP contribution in [0.5, 0.6) is 23.0 Å². The minimum absolute atomic E-state index is 0. The van der Waals surface area contributed by atoms with Crippen LogP contribution in [0, 0.1) is 49.2 Å². The van der Waals surface area contributed by atoms with Gasteiger partial charge in [-0.05, 0) is 186 Å². The quantitative estimate of drug-likeness (QED) is 0.107. The summed E-state index contributed by atoms with van der Waals surface area (Å²) < 4.78 is 45.4. The van der Waals surface area contributed by atoms with Crippen LogP contribution in [-0.2, 0) is 58.7 Å². The minimum atomic E-state index is -0.416. The fourth-order valence-corrected chi connectivity index (χ4v) is 12.8. The van der Waals surface area contributed by atoms with Crippen molar-refractivity contribution in [3.05, 3.63) is 157 Å². The monoisotopic (exact) mass is 1240 g/mol. The molecule has 1 fully saturated rings. The van der Waals surface area contributed by atoms with Gasteiger partial charge in [0, 0.05) is 33.4 Å². The van der Waals surface area contributed by atoms with Crippen molar-refractivity contribution in [2.75, 3.05) is 13.2 Å². The van der Waals surface area contributed by atoms with Gasteiger partial charge < -0.3 is 34.5 Å². The fraction of sp³-hybridized carbons (Fsp3) is 0.513. The molecule has 462 valence electrons. The molecule has 0 unspecified atom stereocenters. The molecule has 0 aliphatic heterocycles. The first-order valence-electron chi connectivity index (χ1n) is 30.4. The number of aromatic hydroxyl groups is 2. The molecule has 7 heteroatoms. The largest absolute Gasteiger partial charge is 2.00 e. The van der Waals surface area contributed by atoms with E-state index in [-0.39, 0.29) is 108 Å². The van der Waals surface area contributed by atoms with E-state index in [2.05, 4.69) is 213 Å². The number of hydrogen-bond acceptors (Lipinski definition) is 4. The van der Waals surface area contributed by atoms with Gasteiger partial charge in [0.1, 0.15) is 34.6 Å². The van der Waals surface area contributed by atoms with Crippen molar-refractivity contribution in [3.8, 4) is 67.5 Å². The smallest absolute Gasteiger partial charge is 0.507 e. The van der Waals surface area contributed by atoms with Crippen LogP contribution >= 0.6 is 0 Å². The second-order valence-corrected chi connectivity index (χ2v) is 32.4. The second-order valence-electron chi connectivity index (χ2n) is 32.4. The van der Waals surface area contributed by atoms with Gasteiger partial charge in [0.2, 0.25) is 0 Å². The average Bonchev–Trinajstić information content (AvgIpc) is 1.99. The third-order valence-electron chi connectivity index (χ3n) is 17.1. The maximum absolute atomic E-state index is 15.8. The Morgan fingerprint density at radius 3 is 0.929 bits per heavy atom. The van der Waals surface area contributed by atoms with Gasteiger partial charge >= 0.3 is 26.2 Å². The molecule has 6 aromatic rings. The van der Waals surface area contributed by atoms with Crippen LogP contribution < -0.4 is 9.47 Å². The van der Waals surface area contributed by atoms with E-state index in [1.807, 2.05) is 0 Å². The van der Waals surface area contributed by atoms with Crippen molar-refractivity contribution >= 4 is 0 Å². The predicted molar refractivity (Wildman–Crippen MR) is 356 cm³/mol. The molecular formula is C78H108F2O4Zr. The first kappa shape index (κ1) is 72.7. The van der Waals surface area contributed by atoms with Gasteiger partial charge in [-0.3, -0.25) is 0 Å². The molecule has 1 aliphatic carbocycles. The summed E-state index contributed by atoms with van der Waals surface area (Å²) >= 11 is 0. The first-order valence-corrected chi connectivity index (χ1v) is 30.4. The predicted octanol–water partition coefficient (Wildman–Crippen LogP) is 22.8. The molecule has 0 radical (unpaired) electrons. The molecule has 0 spiro atoms. The molecule has 4 nitrogen and oxygen atoms in total. The topological polar surface area (TPSA) is 58.9 Å². The Balaban J connectivity index is 0.00000516. The summed E-state index contributed by atoms with van der Waals surface area (Å²) in [4.78, 5) is 0. The first-order chi connectivity index (χ1) is 37.5. The van der Waals surface area contributed by atoms with Crippen LogP contribution in [0.25, 0.3) is 44.5 Å². The van der Waals surface area contributed by atoms with Crippen molar-refractivity contribution in [2.24, 2.45) is 22.7 Å². The normalized spacial score (nSPS) is 15.6. The number of halogens is 2. The molecule has 0 saturated heterocycles. The maximum Gasteiger partial charge on any atom is 2.00 e. The van der Waals surface area contributed by atoms with Crippen LogP contribution in [-0.4, -0.2) is 23.4 Å². The molecule has 2 atom stereocenters. The summed E-state index contributed by atoms with van der Waals surface area (Å²) in [6.45, 7) is 49.9. The Morgan fingerprint density at radius 2 is 0.659 bits per heavy atom. The summed E-state index contributed by atoms with van der Waals surface area (Å²) in [6, 6.07) is 31.1. The Hall–Kier alpha value is -4.74. The number of phenolic OH excluding ortho intramolecular Hbond substituents is 2. The van der Waals surface area contributed by atoms with Gasteiger partial charge in [0.25, 0.3) is 0 Å². The van der Waals surface area contributed by atoms with Crippen LogP contribution in [0.3, 0.4) is 0 Å². The zero-order chi connectivity index (χ0) is 61.1. The van der Waals surface area contributed by atoms with E-state index in [0.717, 1.165) is 60.8 Å². The van der Waals surface area contributed by atoms with E-state index in [0.29, 0.717) is 58.1 Å². The Bertz CT molecular complexity index is 2980. The Kier molecular flexibility index (Phi) is 22.7. The van der Waals surface area contributed by atoms with E-state index < -0.39 is 11.6 Å². The van der Waals surface area contributed by atoms with Crippen molar-refractivity contribution in [1.29, 1.82) is 0 Å². The molecular weight excluding hydrogens is 1130 g/mol. The van der Waals surface area contributed by atoms with Crippen LogP contribution in [0.2, 0.25) is 0 Å². The SMILES string of the molecule is CC(C)(C)CC(C)(C)c1cc(-c2cc(C(C)(C)C)cc(C(C)(C)C)c2)c(O)c(-c2cc(F)ccc2OC[C@H]2CCCC[C@H]2COc2ccc(F)cc2-c2cc(C(C)(C)CC(C)(C)C)cc(-c3cc(C(C)(C)C)cc(C(C)(C)C)c3)c2O)c1.[CH3-].[CH3-].[Zr+2]. The van der Waals surface area contributed by atoms with Gasteiger partial charge in [-0.1, -0.05) is 202 Å². The maximum atomic E-state index is 15.8. The van der Waals surface area contributed by atoms with E-state index in [4.69, 9.17) is 9.47 Å². The molecule has 0 bridgehead atoms. The van der Waals surface area contributed by atoms with Crippen LogP contribution in [0.1, 0.15) is 224 Å². The third kappa shape index (κ3) is 18.0. The van der Waals surface area contributed by atoms with Crippen LogP contribution in [0.4, 0.5) is 8.78 Å². The third-order valence-corrected chi connectivity index (χ3v) is 17.1. The Morgan fingerprint density at radius 1 is 0.376 bits per heavy atom. The summed E-state index contributed by atoms with van der Waals surface area (Å²) in [5.74, 6) is 0.517. The Labute approximate surface area is 534 Å². The number of benzene rings is 6. The average molecular weight is 1240 g/mol. The minimum Gasteiger partial charge on any atom is -0.507 e. The molecule has 0 amide bonds. The molecule has 2 N–H and O–H groups in total. The number of phenols is 2. The molecule has 0 heterocycles. The molecule has 1 saturated carbocycles. The molecule has 1 aliphatic rings. The van der Waals surface area contributed by atoms with E-state index >= 15 is 8.78 Å². The van der Waals surface area contributed by atoms with Crippen molar-refractivity contribution < 1.29 is 54.7 Å². The zero-order valence-corrected chi connectivity index (χ0v) is 59.5.